The predicted molar refractivity (Wildman–Crippen MR) is 38.8 cm³/mol. The lowest BCUT2D eigenvalue weighted by Gasteiger charge is -2.09. The van der Waals surface area contributed by atoms with Crippen LogP contribution < -0.4 is 0 Å². The highest BCUT2D eigenvalue weighted by atomic mass is 16.6. The Labute approximate surface area is 64.8 Å². The summed E-state index contributed by atoms with van der Waals surface area (Å²) in [6, 6.07) is 0. The lowest BCUT2D eigenvalue weighted by Crippen LogP contribution is -2.24. The lowest BCUT2D eigenvalue weighted by molar-refractivity contribution is -0.490. The summed E-state index contributed by atoms with van der Waals surface area (Å²) in [5, 5.41) is 27.7. The fraction of sp³-hybridized carbons (Fsp3) is 1.00. The first-order chi connectivity index (χ1) is 5.06. The standard InChI is InChI=1S/C6H13NO4/c1-2-5(8)3-6(9)4-7(10)11/h5-6,8-9H,2-4H2,1H3. The van der Waals surface area contributed by atoms with Gasteiger partial charge in [-0.05, 0) is 6.42 Å². The van der Waals surface area contributed by atoms with E-state index in [-0.39, 0.29) is 6.42 Å². The van der Waals surface area contributed by atoms with E-state index in [1.165, 1.54) is 0 Å². The molecule has 0 aliphatic heterocycles. The fourth-order valence-corrected chi connectivity index (χ4v) is 0.727. The molecule has 0 aliphatic carbocycles. The Morgan fingerprint density at radius 3 is 2.36 bits per heavy atom. The van der Waals surface area contributed by atoms with Crippen molar-refractivity contribution < 1.29 is 15.1 Å². The number of rotatable bonds is 5. The van der Waals surface area contributed by atoms with Gasteiger partial charge >= 0.3 is 0 Å². The number of aliphatic hydroxyl groups is 2. The van der Waals surface area contributed by atoms with E-state index in [9.17, 15) is 10.1 Å². The molecular weight excluding hydrogens is 150 g/mol. The van der Waals surface area contributed by atoms with E-state index < -0.39 is 23.7 Å². The summed E-state index contributed by atoms with van der Waals surface area (Å²) in [4.78, 5) is 9.25. The summed E-state index contributed by atoms with van der Waals surface area (Å²) in [6.07, 6.45) is -1.07. The van der Waals surface area contributed by atoms with Gasteiger partial charge in [-0.3, -0.25) is 10.1 Å². The van der Waals surface area contributed by atoms with E-state index in [0.29, 0.717) is 6.42 Å². The molecule has 0 aromatic heterocycles. The number of nitro groups is 1. The first-order valence-corrected chi connectivity index (χ1v) is 3.54. The van der Waals surface area contributed by atoms with Crippen LogP contribution in [0.5, 0.6) is 0 Å². The van der Waals surface area contributed by atoms with Crippen molar-refractivity contribution in [3.05, 3.63) is 10.1 Å². The van der Waals surface area contributed by atoms with E-state index >= 15 is 0 Å². The molecule has 0 aliphatic rings. The predicted octanol–water partition coefficient (Wildman–Crippen LogP) is -0.215. The zero-order valence-electron chi connectivity index (χ0n) is 6.43. The molecule has 0 saturated heterocycles. The van der Waals surface area contributed by atoms with Gasteiger partial charge in [0, 0.05) is 11.3 Å². The van der Waals surface area contributed by atoms with Crippen molar-refractivity contribution in [1.29, 1.82) is 0 Å². The number of nitrogens with zero attached hydrogens (tertiary/aromatic N) is 1. The third-order valence-electron chi connectivity index (χ3n) is 1.38. The first-order valence-electron chi connectivity index (χ1n) is 3.54. The van der Waals surface area contributed by atoms with Crippen LogP contribution in [0.3, 0.4) is 0 Å². The summed E-state index contributed by atoms with van der Waals surface area (Å²) in [6.45, 7) is 1.26. The molecule has 5 heteroatoms. The molecule has 2 N–H and O–H groups in total. The minimum absolute atomic E-state index is 0.0808. The van der Waals surface area contributed by atoms with Gasteiger partial charge in [0.15, 0.2) is 0 Å². The summed E-state index contributed by atoms with van der Waals surface area (Å²) in [5.41, 5.74) is 0. The van der Waals surface area contributed by atoms with Crippen LogP contribution in [0, 0.1) is 10.1 Å². The molecule has 0 heterocycles. The maximum atomic E-state index is 9.84. The number of hydrogen-bond donors (Lipinski definition) is 2. The van der Waals surface area contributed by atoms with Crippen molar-refractivity contribution in [2.24, 2.45) is 0 Å². The number of aliphatic hydroxyl groups excluding tert-OH is 2. The minimum Gasteiger partial charge on any atom is -0.393 e. The van der Waals surface area contributed by atoms with Gasteiger partial charge in [-0.2, -0.15) is 0 Å². The zero-order chi connectivity index (χ0) is 8.85. The van der Waals surface area contributed by atoms with Gasteiger partial charge in [-0.1, -0.05) is 6.92 Å². The molecule has 0 aromatic rings. The van der Waals surface area contributed by atoms with Crippen LogP contribution >= 0.6 is 0 Å². The lowest BCUT2D eigenvalue weighted by atomic mass is 10.1. The highest BCUT2D eigenvalue weighted by Crippen LogP contribution is 2.01. The molecule has 0 rings (SSSR count). The Morgan fingerprint density at radius 1 is 1.45 bits per heavy atom. The molecule has 11 heavy (non-hydrogen) atoms. The Bertz CT molecular complexity index is 128. The molecule has 0 saturated carbocycles. The average Bonchev–Trinajstić information content (AvgIpc) is 1.85. The van der Waals surface area contributed by atoms with Gasteiger partial charge in [0.25, 0.3) is 0 Å². The number of hydrogen-bond acceptors (Lipinski definition) is 4. The van der Waals surface area contributed by atoms with Crippen LogP contribution in [0.2, 0.25) is 0 Å². The van der Waals surface area contributed by atoms with Crippen molar-refractivity contribution in [3.63, 3.8) is 0 Å². The SMILES string of the molecule is CCC(O)CC(O)C[N+](=O)[O-]. The molecule has 0 fully saturated rings. The molecule has 2 atom stereocenters. The zero-order valence-corrected chi connectivity index (χ0v) is 6.43. The van der Waals surface area contributed by atoms with E-state index in [4.69, 9.17) is 10.2 Å². The van der Waals surface area contributed by atoms with Crippen LogP contribution in [0.1, 0.15) is 19.8 Å². The Balaban J connectivity index is 3.51. The molecule has 0 aromatic carbocycles. The van der Waals surface area contributed by atoms with Crippen LogP contribution in [0.4, 0.5) is 0 Å². The molecule has 66 valence electrons. The summed E-state index contributed by atoms with van der Waals surface area (Å²) < 4.78 is 0. The normalized spacial score (nSPS) is 15.9. The van der Waals surface area contributed by atoms with Crippen molar-refractivity contribution >= 4 is 0 Å². The summed E-state index contributed by atoms with van der Waals surface area (Å²) in [7, 11) is 0. The van der Waals surface area contributed by atoms with Crippen LogP contribution in [0.25, 0.3) is 0 Å². The van der Waals surface area contributed by atoms with E-state index in [2.05, 4.69) is 0 Å². The monoisotopic (exact) mass is 163 g/mol. The highest BCUT2D eigenvalue weighted by molar-refractivity contribution is 4.60. The van der Waals surface area contributed by atoms with Crippen molar-refractivity contribution in [1.82, 2.24) is 0 Å². The topological polar surface area (TPSA) is 83.6 Å². The molecule has 0 spiro atoms. The molecule has 0 radical (unpaired) electrons. The van der Waals surface area contributed by atoms with Crippen LogP contribution in [-0.2, 0) is 0 Å². The maximum absolute atomic E-state index is 9.84. The first kappa shape index (κ1) is 10.3. The van der Waals surface area contributed by atoms with Crippen molar-refractivity contribution in [2.75, 3.05) is 6.54 Å². The second-order valence-corrected chi connectivity index (χ2v) is 2.47. The second kappa shape index (κ2) is 5.03. The van der Waals surface area contributed by atoms with E-state index in [1.807, 2.05) is 0 Å². The van der Waals surface area contributed by atoms with Gasteiger partial charge in [-0.15, -0.1) is 0 Å². The quantitative estimate of drug-likeness (QED) is 0.433. The van der Waals surface area contributed by atoms with Crippen molar-refractivity contribution in [3.8, 4) is 0 Å². The van der Waals surface area contributed by atoms with Gasteiger partial charge in [0.2, 0.25) is 6.54 Å². The van der Waals surface area contributed by atoms with Crippen molar-refractivity contribution in [2.45, 2.75) is 32.0 Å². The van der Waals surface area contributed by atoms with Gasteiger partial charge in [0.1, 0.15) is 6.10 Å². The smallest absolute Gasteiger partial charge is 0.229 e. The Morgan fingerprint density at radius 2 is 2.00 bits per heavy atom. The average molecular weight is 163 g/mol. The van der Waals surface area contributed by atoms with E-state index in [0.717, 1.165) is 0 Å². The van der Waals surface area contributed by atoms with Gasteiger partial charge in [0.05, 0.1) is 6.10 Å². The van der Waals surface area contributed by atoms with E-state index in [1.54, 1.807) is 6.92 Å². The molecule has 2 unspecified atom stereocenters. The molecule has 5 nitrogen and oxygen atoms in total. The van der Waals surface area contributed by atoms with Crippen LogP contribution in [-0.4, -0.2) is 33.9 Å². The summed E-state index contributed by atoms with van der Waals surface area (Å²) >= 11 is 0. The van der Waals surface area contributed by atoms with Gasteiger partial charge < -0.3 is 10.2 Å². The Kier molecular flexibility index (Phi) is 4.72. The highest BCUT2D eigenvalue weighted by Gasteiger charge is 2.14. The Hall–Kier alpha value is -0.680. The molecule has 0 amide bonds. The largest absolute Gasteiger partial charge is 0.393 e. The minimum atomic E-state index is -1.03. The molecular formula is C6H13NO4. The third kappa shape index (κ3) is 5.75. The van der Waals surface area contributed by atoms with Crippen LogP contribution in [0.15, 0.2) is 0 Å². The molecule has 0 bridgehead atoms. The third-order valence-corrected chi connectivity index (χ3v) is 1.38. The summed E-state index contributed by atoms with van der Waals surface area (Å²) in [5.74, 6) is 0. The maximum Gasteiger partial charge on any atom is 0.229 e. The fourth-order valence-electron chi connectivity index (χ4n) is 0.727. The second-order valence-electron chi connectivity index (χ2n) is 2.47. The van der Waals surface area contributed by atoms with Gasteiger partial charge in [-0.25, -0.2) is 0 Å².